The molecule has 8 nitrogen and oxygen atoms in total. The lowest BCUT2D eigenvalue weighted by molar-refractivity contribution is 0.796. The van der Waals surface area contributed by atoms with Gasteiger partial charge in [0.2, 0.25) is 13.4 Å². The fourth-order valence-corrected chi connectivity index (χ4v) is 21.3. The van der Waals surface area contributed by atoms with Crippen LogP contribution in [0.15, 0.2) is 336 Å². The summed E-state index contributed by atoms with van der Waals surface area (Å²) in [6.45, 7) is 3.36. The van der Waals surface area contributed by atoms with Gasteiger partial charge in [0, 0.05) is 105 Å². The monoisotopic (exact) mass is 1390 g/mol. The van der Waals surface area contributed by atoms with Crippen molar-refractivity contribution < 1.29 is 0 Å². The van der Waals surface area contributed by atoms with Crippen LogP contribution in [0, 0.1) is 0 Å². The molecule has 0 spiro atoms. The lowest BCUT2D eigenvalue weighted by Crippen LogP contribution is -2.58. The molecule has 102 heavy (non-hydrogen) atoms. The van der Waals surface area contributed by atoms with Gasteiger partial charge in [0.15, 0.2) is 34.9 Å². The molecular weight excluding hydrogens is 1340 g/mol. The molecule has 4 aliphatic heterocycles. The van der Waals surface area contributed by atoms with E-state index in [0.717, 1.165) is 62.3 Å². The minimum atomic E-state index is 0.0857. The predicted octanol–water partition coefficient (Wildman–Crippen LogP) is 18.7. The van der Waals surface area contributed by atoms with Crippen molar-refractivity contribution in [3.05, 3.63) is 297 Å². The maximum atomic E-state index is 5.08. The van der Waals surface area contributed by atoms with Crippen molar-refractivity contribution in [3.8, 4) is 90.8 Å². The van der Waals surface area contributed by atoms with E-state index in [1.54, 1.807) is 0 Å². The number of imidazole rings is 1. The van der Waals surface area contributed by atoms with E-state index in [-0.39, 0.29) is 13.4 Å². The molecule has 0 aliphatic carbocycles. The normalized spacial score (nSPS) is 12.8. The fraction of sp³-hybridized carbons (Fsp3) is 0.0230. The fourth-order valence-electron chi connectivity index (χ4n) is 14.9. The van der Waals surface area contributed by atoms with Crippen LogP contribution < -0.4 is 32.8 Å². The van der Waals surface area contributed by atoms with E-state index in [9.17, 15) is 0 Å². The number of fused-ring (bicyclic) bond motifs is 13. The Morgan fingerprint density at radius 3 is 1.38 bits per heavy atom. The van der Waals surface area contributed by atoms with E-state index in [2.05, 4.69) is 236 Å². The SMILES string of the molecule is CCn1c(-c2cccc(-c3ccc4c(c3)Sc3cccc5c3B4c3cc(-c4nc(-c6ccccc6)nc(-c6ccccc6)n4)ccc3S5)c2)nc2ccccc21.c1ccc(-c2nc(-c3ccccc3)nc(-c3cccc4c3sc3c5c(ccc34)B3c4ccccc4Sc4cccc(c43)S5)n2)cc1. The second-order valence-corrected chi connectivity index (χ2v) is 30.9. The molecule has 21 rings (SSSR count). The van der Waals surface area contributed by atoms with Crippen LogP contribution in [0.4, 0.5) is 0 Å². The molecule has 15 heteroatoms. The minimum Gasteiger partial charge on any atom is -0.324 e. The average molecular weight is 1390 g/mol. The Labute approximate surface area is 611 Å². The second-order valence-electron chi connectivity index (χ2n) is 25.6. The highest BCUT2D eigenvalue weighted by Crippen LogP contribution is 2.48. The molecule has 0 N–H and O–H groups in total. The summed E-state index contributed by atoms with van der Waals surface area (Å²) in [6.07, 6.45) is 0. The summed E-state index contributed by atoms with van der Waals surface area (Å²) in [5.41, 5.74) is 19.8. The topological polar surface area (TPSA) is 95.2 Å². The first-order valence-electron chi connectivity index (χ1n) is 34.1. The van der Waals surface area contributed by atoms with Gasteiger partial charge in [-0.05, 0) is 95.7 Å². The van der Waals surface area contributed by atoms with Crippen molar-refractivity contribution in [2.75, 3.05) is 0 Å². The van der Waals surface area contributed by atoms with Crippen molar-refractivity contribution in [2.45, 2.75) is 52.6 Å². The summed E-state index contributed by atoms with van der Waals surface area (Å²) in [6, 6.07) is 105. The van der Waals surface area contributed by atoms with Crippen LogP contribution in [0.2, 0.25) is 0 Å². The Morgan fingerprint density at radius 2 is 0.745 bits per heavy atom. The third-order valence-corrected chi connectivity index (χ3v) is 25.8. The molecule has 0 bridgehead atoms. The smallest absolute Gasteiger partial charge is 0.247 e. The first-order chi connectivity index (χ1) is 50.5. The van der Waals surface area contributed by atoms with Crippen molar-refractivity contribution in [2.24, 2.45) is 0 Å². The Balaban J connectivity index is 0.000000139. The molecule has 0 atom stereocenters. The van der Waals surface area contributed by atoms with Gasteiger partial charge in [-0.1, -0.05) is 299 Å². The Hall–Kier alpha value is -10.9. The van der Waals surface area contributed by atoms with E-state index >= 15 is 0 Å². The second kappa shape index (κ2) is 25.3. The highest BCUT2D eigenvalue weighted by molar-refractivity contribution is 8.02. The van der Waals surface area contributed by atoms with Gasteiger partial charge in [-0.3, -0.25) is 0 Å². The molecule has 4 aliphatic rings. The molecule has 17 aromatic rings. The summed E-state index contributed by atoms with van der Waals surface area (Å²) < 4.78 is 4.84. The summed E-state index contributed by atoms with van der Waals surface area (Å²) in [5.74, 6) is 5.05. The zero-order valence-electron chi connectivity index (χ0n) is 54.8. The van der Waals surface area contributed by atoms with Gasteiger partial charge in [0.05, 0.1) is 11.0 Å². The lowest BCUT2D eigenvalue weighted by atomic mass is 9.36. The van der Waals surface area contributed by atoms with Gasteiger partial charge < -0.3 is 4.57 Å². The number of hydrogen-bond donors (Lipinski definition) is 0. The zero-order chi connectivity index (χ0) is 67.4. The lowest BCUT2D eigenvalue weighted by Gasteiger charge is -2.33. The van der Waals surface area contributed by atoms with E-state index in [0.29, 0.717) is 34.9 Å². The molecule has 0 fully saturated rings. The number of benzene rings is 13. The van der Waals surface area contributed by atoms with Crippen molar-refractivity contribution in [1.29, 1.82) is 0 Å². The molecule has 8 heterocycles. The Morgan fingerprint density at radius 1 is 0.294 bits per heavy atom. The first-order valence-corrected chi connectivity index (χ1v) is 38.2. The number of thiophene rings is 1. The number of rotatable bonds is 9. The highest BCUT2D eigenvalue weighted by atomic mass is 32.2. The Bertz CT molecular complexity index is 6120. The van der Waals surface area contributed by atoms with Crippen LogP contribution >= 0.6 is 58.4 Å². The van der Waals surface area contributed by atoms with Gasteiger partial charge in [-0.15, -0.1) is 11.3 Å². The van der Waals surface area contributed by atoms with E-state index in [1.807, 2.05) is 131 Å². The molecule has 4 aromatic heterocycles. The van der Waals surface area contributed by atoms with Gasteiger partial charge in [0.1, 0.15) is 5.82 Å². The Kier molecular flexibility index (Phi) is 15.1. The molecule has 478 valence electrons. The number of aryl methyl sites for hydroxylation is 1. The third-order valence-electron chi connectivity index (χ3n) is 19.7. The highest BCUT2D eigenvalue weighted by Gasteiger charge is 2.41. The van der Waals surface area contributed by atoms with Crippen molar-refractivity contribution >= 4 is 136 Å². The van der Waals surface area contributed by atoms with E-state index in [4.69, 9.17) is 34.9 Å². The summed E-state index contributed by atoms with van der Waals surface area (Å²) in [4.78, 5) is 45.9. The maximum Gasteiger partial charge on any atom is 0.247 e. The van der Waals surface area contributed by atoms with E-state index in [1.165, 1.54) is 103 Å². The number of aromatic nitrogens is 8. The molecule has 0 amide bonds. The van der Waals surface area contributed by atoms with Crippen LogP contribution in [-0.4, -0.2) is 52.9 Å². The van der Waals surface area contributed by atoms with Crippen LogP contribution in [0.1, 0.15) is 6.92 Å². The summed E-state index contributed by atoms with van der Waals surface area (Å²) >= 11 is 9.43. The van der Waals surface area contributed by atoms with Gasteiger partial charge >= 0.3 is 0 Å². The van der Waals surface area contributed by atoms with Crippen LogP contribution in [0.25, 0.3) is 122 Å². The number of hydrogen-bond acceptors (Lipinski definition) is 12. The summed E-state index contributed by atoms with van der Waals surface area (Å²) in [7, 11) is 0. The first kappa shape index (κ1) is 61.0. The quantitative estimate of drug-likeness (QED) is 0.129. The summed E-state index contributed by atoms with van der Waals surface area (Å²) in [5, 5.41) is 2.52. The van der Waals surface area contributed by atoms with Gasteiger partial charge in [-0.25, -0.2) is 34.9 Å². The maximum absolute atomic E-state index is 5.08. The molecular formula is C87H54B2N8S5. The predicted molar refractivity (Wildman–Crippen MR) is 427 cm³/mol. The third kappa shape index (κ3) is 10.5. The number of nitrogens with zero attached hydrogens (tertiary/aromatic N) is 8. The number of para-hydroxylation sites is 2. The standard InChI is InChI=1S/C48H32BN5S2.C39H22BN3S3/c1-2-54-39-20-10-9-19-38(39)50-48(54)35-18-11-17-32(27-35)33-23-25-36-43(29-33)56-42-22-12-21-41-44(42)49(36)37-28-34(24-26-40(37)55-41)47-52-45(30-13-5-3-6-14-30)51-46(53-47)31-15-7-4-8-16-31;1-3-11-23(12-4-1)37-41-38(24-13-5-2-6-14-24)43-39(42-37)27-16-9-15-25-26-21-22-29-36(35(26)46-34(25)27)45-32-20-10-19-31-33(32)40(29)28-17-7-8-18-30(28)44-31/h3-29H,2H2,1H3;1-22H. The molecule has 0 unspecified atom stereocenters. The molecule has 13 aromatic carbocycles. The van der Waals surface area contributed by atoms with Gasteiger partial charge in [0.25, 0.3) is 0 Å². The molecule has 0 saturated heterocycles. The van der Waals surface area contributed by atoms with Crippen molar-refractivity contribution in [3.63, 3.8) is 0 Å². The zero-order valence-corrected chi connectivity index (χ0v) is 58.9. The minimum absolute atomic E-state index is 0.0857. The van der Waals surface area contributed by atoms with Crippen molar-refractivity contribution in [1.82, 2.24) is 39.5 Å². The average Bonchev–Trinajstić information content (AvgIpc) is 1.15. The van der Waals surface area contributed by atoms with Crippen LogP contribution in [-0.2, 0) is 6.54 Å². The van der Waals surface area contributed by atoms with Gasteiger partial charge in [-0.2, -0.15) is 0 Å². The van der Waals surface area contributed by atoms with Crippen LogP contribution in [0.3, 0.4) is 0 Å². The molecule has 0 saturated carbocycles. The molecule has 0 radical (unpaired) electrons. The largest absolute Gasteiger partial charge is 0.324 e. The van der Waals surface area contributed by atoms with E-state index < -0.39 is 0 Å². The van der Waals surface area contributed by atoms with Crippen LogP contribution in [0.5, 0.6) is 0 Å².